The lowest BCUT2D eigenvalue weighted by Crippen LogP contribution is -2.06. The lowest BCUT2D eigenvalue weighted by molar-refractivity contribution is 0.403. The van der Waals surface area contributed by atoms with Crippen LogP contribution in [0.2, 0.25) is 0 Å². The Bertz CT molecular complexity index is 872. The molecule has 23 heavy (non-hydrogen) atoms. The van der Waals surface area contributed by atoms with Crippen molar-refractivity contribution in [2.24, 2.45) is 0 Å². The monoisotopic (exact) mass is 313 g/mol. The molecule has 2 heterocycles. The minimum atomic E-state index is -0.160. The summed E-state index contributed by atoms with van der Waals surface area (Å²) in [6.07, 6.45) is 1.49. The zero-order valence-electron chi connectivity index (χ0n) is 13.2. The molecule has 4 N–H and O–H groups in total. The van der Waals surface area contributed by atoms with E-state index in [1.807, 2.05) is 25.3 Å². The topological polar surface area (TPSA) is 110 Å². The molecular weight excluding hydrogens is 294 g/mol. The maximum absolute atomic E-state index is 9.71. The van der Waals surface area contributed by atoms with Gasteiger partial charge >= 0.3 is 0 Å². The standard InChI is InChI=1S/C16H19N5O2/c1-8(2)21-15-14(20-16(21)17)13(18-7-19-15)9(3)10-4-5-11(22)12(23)6-10/h4-9,22-23H,1-3H3,(H2,17,20). The quantitative estimate of drug-likeness (QED) is 0.641. The fourth-order valence-electron chi connectivity index (χ4n) is 2.74. The lowest BCUT2D eigenvalue weighted by atomic mass is 9.96. The molecular formula is C16H19N5O2. The van der Waals surface area contributed by atoms with E-state index in [-0.39, 0.29) is 23.5 Å². The number of hydrogen-bond donors (Lipinski definition) is 3. The van der Waals surface area contributed by atoms with E-state index in [9.17, 15) is 10.2 Å². The van der Waals surface area contributed by atoms with Gasteiger partial charge in [-0.3, -0.25) is 4.57 Å². The Balaban J connectivity index is 2.16. The van der Waals surface area contributed by atoms with Gasteiger partial charge in [0.25, 0.3) is 0 Å². The number of imidazole rings is 1. The van der Waals surface area contributed by atoms with Crippen LogP contribution in [-0.2, 0) is 0 Å². The van der Waals surface area contributed by atoms with Gasteiger partial charge < -0.3 is 15.9 Å². The maximum Gasteiger partial charge on any atom is 0.202 e. The average Bonchev–Trinajstić information content (AvgIpc) is 2.85. The van der Waals surface area contributed by atoms with Crippen molar-refractivity contribution < 1.29 is 10.2 Å². The van der Waals surface area contributed by atoms with Crippen molar-refractivity contribution >= 4 is 17.1 Å². The van der Waals surface area contributed by atoms with Crippen molar-refractivity contribution in [3.05, 3.63) is 35.8 Å². The van der Waals surface area contributed by atoms with E-state index in [1.165, 1.54) is 18.5 Å². The van der Waals surface area contributed by atoms with E-state index >= 15 is 0 Å². The van der Waals surface area contributed by atoms with E-state index in [0.29, 0.717) is 17.1 Å². The third kappa shape index (κ3) is 2.44. The van der Waals surface area contributed by atoms with Gasteiger partial charge in [-0.1, -0.05) is 13.0 Å². The van der Waals surface area contributed by atoms with Crippen LogP contribution in [0.15, 0.2) is 24.5 Å². The van der Waals surface area contributed by atoms with Crippen molar-refractivity contribution in [1.29, 1.82) is 0 Å². The largest absolute Gasteiger partial charge is 0.504 e. The van der Waals surface area contributed by atoms with E-state index in [0.717, 1.165) is 11.3 Å². The van der Waals surface area contributed by atoms with Crippen LogP contribution in [0.5, 0.6) is 11.5 Å². The summed E-state index contributed by atoms with van der Waals surface area (Å²) in [5.74, 6) is -0.0478. The highest BCUT2D eigenvalue weighted by Gasteiger charge is 2.21. The Morgan fingerprint density at radius 1 is 1.09 bits per heavy atom. The molecule has 0 aliphatic rings. The summed E-state index contributed by atoms with van der Waals surface area (Å²) >= 11 is 0. The number of aromatic nitrogens is 4. The fourth-order valence-corrected chi connectivity index (χ4v) is 2.74. The second kappa shape index (κ2) is 5.42. The third-order valence-electron chi connectivity index (χ3n) is 3.96. The second-order valence-corrected chi connectivity index (χ2v) is 5.83. The summed E-state index contributed by atoms with van der Waals surface area (Å²) in [5, 5.41) is 19.2. The summed E-state index contributed by atoms with van der Waals surface area (Å²) in [4.78, 5) is 13.1. The maximum atomic E-state index is 9.71. The number of phenolic OH excluding ortho intramolecular Hbond substituents is 2. The van der Waals surface area contributed by atoms with Crippen molar-refractivity contribution in [2.75, 3.05) is 5.73 Å². The molecule has 0 amide bonds. The number of fused-ring (bicyclic) bond motifs is 1. The van der Waals surface area contributed by atoms with Gasteiger partial charge in [0.1, 0.15) is 11.8 Å². The number of rotatable bonds is 3. The van der Waals surface area contributed by atoms with Crippen molar-refractivity contribution in [3.63, 3.8) is 0 Å². The normalized spacial score (nSPS) is 12.9. The van der Waals surface area contributed by atoms with Crippen LogP contribution < -0.4 is 5.73 Å². The van der Waals surface area contributed by atoms with Crippen molar-refractivity contribution in [2.45, 2.75) is 32.7 Å². The summed E-state index contributed by atoms with van der Waals surface area (Å²) < 4.78 is 1.86. The Morgan fingerprint density at radius 2 is 1.83 bits per heavy atom. The fraction of sp³-hybridized carbons (Fsp3) is 0.312. The Hall–Kier alpha value is -2.83. The molecule has 2 aromatic heterocycles. The molecule has 7 nitrogen and oxygen atoms in total. The van der Waals surface area contributed by atoms with Crippen LogP contribution in [0.25, 0.3) is 11.2 Å². The molecule has 0 spiro atoms. The molecule has 3 rings (SSSR count). The molecule has 0 saturated carbocycles. The van der Waals surface area contributed by atoms with E-state index in [2.05, 4.69) is 15.0 Å². The third-order valence-corrected chi connectivity index (χ3v) is 3.96. The number of hydrogen-bond acceptors (Lipinski definition) is 6. The number of nitrogens with zero attached hydrogens (tertiary/aromatic N) is 4. The van der Waals surface area contributed by atoms with Crippen LogP contribution in [-0.4, -0.2) is 29.7 Å². The zero-order chi connectivity index (χ0) is 16.7. The van der Waals surface area contributed by atoms with Gasteiger partial charge in [0.15, 0.2) is 17.1 Å². The first-order chi connectivity index (χ1) is 10.9. The first-order valence-corrected chi connectivity index (χ1v) is 7.40. The summed E-state index contributed by atoms with van der Waals surface area (Å²) in [7, 11) is 0. The molecule has 7 heteroatoms. The Morgan fingerprint density at radius 3 is 2.48 bits per heavy atom. The lowest BCUT2D eigenvalue weighted by Gasteiger charge is -2.13. The van der Waals surface area contributed by atoms with Crippen molar-refractivity contribution in [1.82, 2.24) is 19.5 Å². The van der Waals surface area contributed by atoms with Gasteiger partial charge in [-0.2, -0.15) is 0 Å². The predicted octanol–water partition coefficient (Wildman–Crippen LogP) is 2.55. The molecule has 1 atom stereocenters. The first-order valence-electron chi connectivity index (χ1n) is 7.40. The number of anilines is 1. The van der Waals surface area contributed by atoms with Gasteiger partial charge in [-0.15, -0.1) is 0 Å². The molecule has 0 saturated heterocycles. The zero-order valence-corrected chi connectivity index (χ0v) is 13.2. The molecule has 1 aromatic carbocycles. The molecule has 0 aliphatic carbocycles. The van der Waals surface area contributed by atoms with E-state index in [4.69, 9.17) is 5.73 Å². The molecule has 0 radical (unpaired) electrons. The molecule has 0 bridgehead atoms. The van der Waals surface area contributed by atoms with Gasteiger partial charge in [-0.25, -0.2) is 15.0 Å². The summed E-state index contributed by atoms with van der Waals surface area (Å²) in [5.41, 5.74) is 8.91. The van der Waals surface area contributed by atoms with Crippen LogP contribution in [0.1, 0.15) is 44.0 Å². The number of nitrogens with two attached hydrogens (primary N) is 1. The van der Waals surface area contributed by atoms with Gasteiger partial charge in [0, 0.05) is 12.0 Å². The molecule has 3 aromatic rings. The minimum Gasteiger partial charge on any atom is -0.504 e. The van der Waals surface area contributed by atoms with Crippen LogP contribution in [0.3, 0.4) is 0 Å². The van der Waals surface area contributed by atoms with Crippen LogP contribution in [0, 0.1) is 0 Å². The van der Waals surface area contributed by atoms with E-state index < -0.39 is 0 Å². The SMILES string of the molecule is CC(c1ccc(O)c(O)c1)c1ncnc2c1nc(N)n2C(C)C. The summed E-state index contributed by atoms with van der Waals surface area (Å²) in [6.45, 7) is 5.99. The number of phenols is 2. The highest BCUT2D eigenvalue weighted by atomic mass is 16.3. The molecule has 0 fully saturated rings. The Kier molecular flexibility index (Phi) is 3.55. The van der Waals surface area contributed by atoms with Crippen LogP contribution >= 0.6 is 0 Å². The first kappa shape index (κ1) is 15.1. The van der Waals surface area contributed by atoms with Gasteiger partial charge in [-0.05, 0) is 31.5 Å². The number of nitrogen functional groups attached to an aromatic ring is 1. The van der Waals surface area contributed by atoms with Gasteiger partial charge in [0.2, 0.25) is 5.95 Å². The second-order valence-electron chi connectivity index (χ2n) is 5.83. The number of aromatic hydroxyl groups is 2. The van der Waals surface area contributed by atoms with Gasteiger partial charge in [0.05, 0.1) is 5.69 Å². The van der Waals surface area contributed by atoms with E-state index in [1.54, 1.807) is 6.07 Å². The highest BCUT2D eigenvalue weighted by Crippen LogP contribution is 2.33. The van der Waals surface area contributed by atoms with Crippen LogP contribution in [0.4, 0.5) is 5.95 Å². The summed E-state index contributed by atoms with van der Waals surface area (Å²) in [6, 6.07) is 4.86. The number of benzene rings is 1. The average molecular weight is 313 g/mol. The molecule has 0 aliphatic heterocycles. The molecule has 1 unspecified atom stereocenters. The minimum absolute atomic E-state index is 0.135. The Labute approximate surface area is 133 Å². The highest BCUT2D eigenvalue weighted by molar-refractivity contribution is 5.77. The smallest absolute Gasteiger partial charge is 0.202 e. The predicted molar refractivity (Wildman–Crippen MR) is 87.4 cm³/mol. The van der Waals surface area contributed by atoms with Crippen molar-refractivity contribution in [3.8, 4) is 11.5 Å². The molecule has 120 valence electrons.